The van der Waals surface area contributed by atoms with Gasteiger partial charge in [0.1, 0.15) is 0 Å². The Balaban J connectivity index is 2.20. The lowest BCUT2D eigenvalue weighted by Gasteiger charge is -2.16. The summed E-state index contributed by atoms with van der Waals surface area (Å²) < 4.78 is 0. The molecule has 0 amide bonds. The fourth-order valence-corrected chi connectivity index (χ4v) is 2.61. The number of carbonyl (C=O) groups is 2. The Morgan fingerprint density at radius 1 is 0.857 bits per heavy atom. The zero-order valence-electron chi connectivity index (χ0n) is 10.6. The molecule has 0 spiro atoms. The number of rotatable bonds is 0. The van der Waals surface area contributed by atoms with Crippen molar-refractivity contribution < 1.29 is 9.59 Å². The van der Waals surface area contributed by atoms with Crippen LogP contribution in [0, 0.1) is 0 Å². The van der Waals surface area contributed by atoms with Crippen molar-refractivity contribution in [1.82, 2.24) is 15.4 Å². The summed E-state index contributed by atoms with van der Waals surface area (Å²) in [5, 5.41) is 10.9. The normalized spacial score (nSPS) is 13.1. The number of nitrogens with zero attached hydrogens (tertiary/aromatic N) is 2. The third-order valence-electron chi connectivity index (χ3n) is 3.59. The van der Waals surface area contributed by atoms with Gasteiger partial charge in [-0.3, -0.25) is 14.4 Å². The molecule has 0 atom stereocenters. The summed E-state index contributed by atoms with van der Waals surface area (Å²) in [5.74, 6) is -1.46. The summed E-state index contributed by atoms with van der Waals surface area (Å²) in [5.41, 5.74) is 0.0356. The van der Waals surface area contributed by atoms with Gasteiger partial charge in [-0.25, -0.2) is 5.10 Å². The largest absolute Gasteiger partial charge is 0.285 e. The summed E-state index contributed by atoms with van der Waals surface area (Å²) in [6.45, 7) is 0. The van der Waals surface area contributed by atoms with Gasteiger partial charge in [0.2, 0.25) is 5.78 Å². The van der Waals surface area contributed by atoms with Gasteiger partial charge in [-0.15, -0.1) is 5.10 Å². The van der Waals surface area contributed by atoms with Gasteiger partial charge in [-0.1, -0.05) is 29.5 Å². The molecule has 0 saturated carbocycles. The molecule has 0 bridgehead atoms. The number of Topliss-reactive ketones (excluding diaryl/α,β-unsaturated/α-hetero) is 2. The number of aromatic nitrogens is 3. The fraction of sp³-hybridized carbons (Fsp3) is 0. The highest BCUT2D eigenvalue weighted by Crippen LogP contribution is 2.32. The van der Waals surface area contributed by atoms with Crippen LogP contribution in [0.3, 0.4) is 0 Å². The van der Waals surface area contributed by atoms with Crippen LogP contribution in [0.15, 0.2) is 41.2 Å². The molecule has 1 aliphatic rings. The average Bonchev–Trinajstić information content (AvgIpc) is 2.51. The first-order valence-electron chi connectivity index (χ1n) is 6.24. The molecule has 0 radical (unpaired) electrons. The zero-order chi connectivity index (χ0) is 14.6. The molecular weight excluding hydrogens is 270 g/mol. The van der Waals surface area contributed by atoms with Gasteiger partial charge >= 0.3 is 0 Å². The van der Waals surface area contributed by atoms with Crippen molar-refractivity contribution in [2.75, 3.05) is 0 Å². The molecule has 0 unspecified atom stereocenters. The predicted octanol–water partition coefficient (Wildman–Crippen LogP) is 1.36. The number of carbonyl (C=O) groups excluding carboxylic acids is 2. The van der Waals surface area contributed by atoms with E-state index < -0.39 is 17.1 Å². The lowest BCUT2D eigenvalue weighted by Crippen LogP contribution is -2.29. The predicted molar refractivity (Wildman–Crippen MR) is 74.3 cm³/mol. The first-order chi connectivity index (χ1) is 10.2. The molecule has 3 aromatic rings. The second-order valence-corrected chi connectivity index (χ2v) is 4.77. The molecule has 0 aliphatic heterocycles. The van der Waals surface area contributed by atoms with Gasteiger partial charge in [0.25, 0.3) is 11.3 Å². The van der Waals surface area contributed by atoms with Crippen molar-refractivity contribution >= 4 is 22.3 Å². The molecule has 0 saturated heterocycles. The summed E-state index contributed by atoms with van der Waals surface area (Å²) in [4.78, 5) is 36.3. The van der Waals surface area contributed by atoms with Crippen LogP contribution in [0.5, 0.6) is 0 Å². The Hall–Kier alpha value is -3.15. The zero-order valence-corrected chi connectivity index (χ0v) is 10.6. The molecule has 1 heterocycles. The van der Waals surface area contributed by atoms with E-state index in [1.165, 1.54) is 0 Å². The van der Waals surface area contributed by atoms with Crippen LogP contribution in [0.2, 0.25) is 0 Å². The highest BCUT2D eigenvalue weighted by atomic mass is 16.2. The number of ketones is 2. The van der Waals surface area contributed by atoms with Gasteiger partial charge in [0.15, 0.2) is 5.69 Å². The fourth-order valence-electron chi connectivity index (χ4n) is 2.61. The second-order valence-electron chi connectivity index (χ2n) is 4.77. The second kappa shape index (κ2) is 3.92. The minimum Gasteiger partial charge on any atom is -0.285 e. The van der Waals surface area contributed by atoms with Gasteiger partial charge in [0, 0.05) is 11.1 Å². The van der Waals surface area contributed by atoms with Gasteiger partial charge in [0.05, 0.1) is 5.56 Å². The summed E-state index contributed by atoms with van der Waals surface area (Å²) >= 11 is 0. The molecule has 1 aliphatic carbocycles. The minimum atomic E-state index is -0.800. The van der Waals surface area contributed by atoms with Crippen molar-refractivity contribution in [2.24, 2.45) is 0 Å². The highest BCUT2D eigenvalue weighted by molar-refractivity contribution is 6.52. The Labute approximate surface area is 117 Å². The standard InChI is InChI=1S/C15H7N3O3/c19-13-10-6-8-4-2-1-3-7(8)5-9(10)11-12(14(13)20)16-18-17-15(11)21/h1-6H,(H,16,17,21). The van der Waals surface area contributed by atoms with E-state index >= 15 is 0 Å². The van der Waals surface area contributed by atoms with Gasteiger partial charge in [-0.05, 0) is 22.9 Å². The van der Waals surface area contributed by atoms with E-state index in [0.717, 1.165) is 10.8 Å². The number of benzene rings is 2. The summed E-state index contributed by atoms with van der Waals surface area (Å²) in [6, 6.07) is 10.8. The number of H-pyrrole nitrogens is 1. The molecule has 2 aromatic carbocycles. The SMILES string of the molecule is O=C1C(=O)c2nn[nH]c(=O)c2-c2cc3ccccc3cc21. The molecule has 4 rings (SSSR count). The molecule has 100 valence electrons. The van der Waals surface area contributed by atoms with Crippen molar-refractivity contribution in [3.8, 4) is 11.1 Å². The van der Waals surface area contributed by atoms with Gasteiger partial charge in [-0.2, -0.15) is 0 Å². The third kappa shape index (κ3) is 1.50. The number of aromatic amines is 1. The Kier molecular flexibility index (Phi) is 2.18. The maximum Gasteiger partial charge on any atom is 0.275 e. The topological polar surface area (TPSA) is 92.8 Å². The maximum absolute atomic E-state index is 12.2. The van der Waals surface area contributed by atoms with Crippen LogP contribution >= 0.6 is 0 Å². The molecule has 6 nitrogen and oxygen atoms in total. The quantitative estimate of drug-likeness (QED) is 0.626. The van der Waals surface area contributed by atoms with Crippen LogP contribution in [-0.2, 0) is 0 Å². The molecule has 1 N–H and O–H groups in total. The molecule has 1 aromatic heterocycles. The van der Waals surface area contributed by atoms with E-state index in [1.807, 2.05) is 24.3 Å². The average molecular weight is 277 g/mol. The number of nitrogens with one attached hydrogen (secondary N) is 1. The lowest BCUT2D eigenvalue weighted by molar-refractivity contribution is 0.0811. The maximum atomic E-state index is 12.2. The van der Waals surface area contributed by atoms with Crippen LogP contribution in [0.25, 0.3) is 21.9 Å². The first kappa shape index (κ1) is 11.7. The van der Waals surface area contributed by atoms with E-state index in [-0.39, 0.29) is 16.8 Å². The highest BCUT2D eigenvalue weighted by Gasteiger charge is 2.34. The Morgan fingerprint density at radius 2 is 1.52 bits per heavy atom. The smallest absolute Gasteiger partial charge is 0.275 e. The first-order valence-corrected chi connectivity index (χ1v) is 6.24. The van der Waals surface area contributed by atoms with Gasteiger partial charge < -0.3 is 0 Å². The molecule has 21 heavy (non-hydrogen) atoms. The van der Waals surface area contributed by atoms with Crippen molar-refractivity contribution in [3.05, 3.63) is 58.0 Å². The van der Waals surface area contributed by atoms with Crippen LogP contribution in [0.4, 0.5) is 0 Å². The van der Waals surface area contributed by atoms with Crippen molar-refractivity contribution in [1.29, 1.82) is 0 Å². The van der Waals surface area contributed by atoms with Crippen molar-refractivity contribution in [2.45, 2.75) is 0 Å². The summed E-state index contributed by atoms with van der Waals surface area (Å²) in [6.07, 6.45) is 0. The van der Waals surface area contributed by atoms with Crippen molar-refractivity contribution in [3.63, 3.8) is 0 Å². The minimum absolute atomic E-state index is 0.107. The Morgan fingerprint density at radius 3 is 2.24 bits per heavy atom. The number of fused-ring (bicyclic) bond motifs is 4. The number of hydrogen-bond acceptors (Lipinski definition) is 5. The van der Waals surface area contributed by atoms with Crippen LogP contribution in [0.1, 0.15) is 20.8 Å². The molecular formula is C15H7N3O3. The van der Waals surface area contributed by atoms with E-state index in [2.05, 4.69) is 15.4 Å². The third-order valence-corrected chi connectivity index (χ3v) is 3.59. The molecule has 0 fully saturated rings. The van der Waals surface area contributed by atoms with E-state index in [0.29, 0.717) is 5.56 Å². The lowest BCUT2D eigenvalue weighted by atomic mass is 9.86. The van der Waals surface area contributed by atoms with E-state index in [4.69, 9.17) is 0 Å². The molecule has 6 heteroatoms. The summed E-state index contributed by atoms with van der Waals surface area (Å²) in [7, 11) is 0. The number of hydrogen-bond donors (Lipinski definition) is 1. The van der Waals surface area contributed by atoms with Crippen LogP contribution < -0.4 is 5.56 Å². The Bertz CT molecular complexity index is 1000. The monoisotopic (exact) mass is 277 g/mol. The van der Waals surface area contributed by atoms with Crippen LogP contribution in [-0.4, -0.2) is 27.0 Å². The van der Waals surface area contributed by atoms with E-state index in [9.17, 15) is 14.4 Å². The van der Waals surface area contributed by atoms with E-state index in [1.54, 1.807) is 12.1 Å².